The van der Waals surface area contributed by atoms with Gasteiger partial charge in [-0.2, -0.15) is 0 Å². The third-order valence-electron chi connectivity index (χ3n) is 7.76. The van der Waals surface area contributed by atoms with Crippen LogP contribution in [0.2, 0.25) is 0 Å². The van der Waals surface area contributed by atoms with E-state index in [0.29, 0.717) is 6.04 Å². The molecule has 5 rings (SSSR count). The van der Waals surface area contributed by atoms with Crippen molar-refractivity contribution in [2.45, 2.75) is 69.9 Å². The monoisotopic (exact) mass is 435 g/mol. The molecule has 4 nitrogen and oxygen atoms in total. The number of rotatable bonds is 3. The maximum atomic E-state index is 13.6. The standard InChI is InChI=1S/C27H34FN3O/c1-20-10-11-25-24(16-20)27(19-31(25)26(32)29-23-8-3-2-4-9-23)12-14-30(15-13-27)18-21-6-5-7-22(28)17-21/h5-7,10-11,16-17,23H,2-4,8-9,12-15,18-19H2,1H3,(H,29,32). The first-order valence-electron chi connectivity index (χ1n) is 12.2. The Morgan fingerprint density at radius 2 is 1.88 bits per heavy atom. The molecule has 0 atom stereocenters. The average molecular weight is 436 g/mol. The smallest absolute Gasteiger partial charge is 0.322 e. The van der Waals surface area contributed by atoms with Gasteiger partial charge in [-0.3, -0.25) is 9.80 Å². The fraction of sp³-hybridized carbons (Fsp3) is 0.519. The maximum absolute atomic E-state index is 13.6. The lowest BCUT2D eigenvalue weighted by Gasteiger charge is -2.40. The molecule has 2 amide bonds. The van der Waals surface area contributed by atoms with Gasteiger partial charge in [0, 0.05) is 30.2 Å². The molecular weight excluding hydrogens is 401 g/mol. The lowest BCUT2D eigenvalue weighted by Crippen LogP contribution is -2.49. The first-order chi connectivity index (χ1) is 15.5. The van der Waals surface area contributed by atoms with Gasteiger partial charge in [0.25, 0.3) is 0 Å². The highest BCUT2D eigenvalue weighted by Gasteiger charge is 2.46. The second-order valence-corrected chi connectivity index (χ2v) is 10.1. The van der Waals surface area contributed by atoms with Crippen LogP contribution in [0.15, 0.2) is 42.5 Å². The zero-order valence-electron chi connectivity index (χ0n) is 19.1. The fourth-order valence-electron chi connectivity index (χ4n) is 5.92. The van der Waals surface area contributed by atoms with Crippen molar-refractivity contribution in [2.24, 2.45) is 0 Å². The Labute approximate surface area is 190 Å². The summed E-state index contributed by atoms with van der Waals surface area (Å²) in [4.78, 5) is 17.7. The number of anilines is 1. The van der Waals surface area contributed by atoms with Gasteiger partial charge in [0.2, 0.25) is 0 Å². The van der Waals surface area contributed by atoms with Crippen LogP contribution in [0.5, 0.6) is 0 Å². The van der Waals surface area contributed by atoms with Crippen molar-refractivity contribution >= 4 is 11.7 Å². The summed E-state index contributed by atoms with van der Waals surface area (Å²) in [6, 6.07) is 13.9. The molecule has 1 saturated carbocycles. The minimum Gasteiger partial charge on any atom is -0.335 e. The molecule has 170 valence electrons. The maximum Gasteiger partial charge on any atom is 0.322 e. The van der Waals surface area contributed by atoms with Gasteiger partial charge < -0.3 is 5.32 Å². The molecule has 0 bridgehead atoms. The minimum atomic E-state index is -0.171. The first-order valence-corrected chi connectivity index (χ1v) is 12.2. The summed E-state index contributed by atoms with van der Waals surface area (Å²) >= 11 is 0. The molecule has 32 heavy (non-hydrogen) atoms. The molecule has 2 aromatic carbocycles. The number of nitrogens with one attached hydrogen (secondary N) is 1. The van der Waals surface area contributed by atoms with Crippen LogP contribution in [0.3, 0.4) is 0 Å². The number of hydrogen-bond donors (Lipinski definition) is 1. The quantitative estimate of drug-likeness (QED) is 0.688. The number of amides is 2. The zero-order chi connectivity index (χ0) is 22.1. The summed E-state index contributed by atoms with van der Waals surface area (Å²) in [5.74, 6) is -0.171. The third-order valence-corrected chi connectivity index (χ3v) is 7.76. The number of likely N-dealkylation sites (tertiary alicyclic amines) is 1. The number of hydrogen-bond acceptors (Lipinski definition) is 2. The van der Waals surface area contributed by atoms with Gasteiger partial charge >= 0.3 is 6.03 Å². The van der Waals surface area contributed by atoms with Crippen molar-refractivity contribution in [1.82, 2.24) is 10.2 Å². The summed E-state index contributed by atoms with van der Waals surface area (Å²) in [5, 5.41) is 3.33. The summed E-state index contributed by atoms with van der Waals surface area (Å²) in [5.41, 5.74) is 4.71. The summed E-state index contributed by atoms with van der Waals surface area (Å²) in [6.07, 6.45) is 7.95. The number of carbonyl (C=O) groups excluding carboxylic acids is 1. The van der Waals surface area contributed by atoms with Crippen LogP contribution < -0.4 is 10.2 Å². The van der Waals surface area contributed by atoms with E-state index < -0.39 is 0 Å². The predicted molar refractivity (Wildman–Crippen MR) is 127 cm³/mol. The van der Waals surface area contributed by atoms with Crippen molar-refractivity contribution in [1.29, 1.82) is 0 Å². The van der Waals surface area contributed by atoms with E-state index in [0.717, 1.165) is 63.1 Å². The van der Waals surface area contributed by atoms with Crippen molar-refractivity contribution in [3.05, 3.63) is 65.0 Å². The minimum absolute atomic E-state index is 0.0176. The van der Waals surface area contributed by atoms with Crippen molar-refractivity contribution in [3.63, 3.8) is 0 Å². The second-order valence-electron chi connectivity index (χ2n) is 10.1. The van der Waals surface area contributed by atoms with E-state index in [-0.39, 0.29) is 17.3 Å². The number of halogens is 1. The number of piperidine rings is 1. The number of aryl methyl sites for hydroxylation is 1. The van der Waals surface area contributed by atoms with E-state index in [1.54, 1.807) is 12.1 Å². The second kappa shape index (κ2) is 8.86. The van der Waals surface area contributed by atoms with Gasteiger partial charge in [-0.05, 0) is 75.0 Å². The highest BCUT2D eigenvalue weighted by atomic mass is 19.1. The van der Waals surface area contributed by atoms with E-state index in [9.17, 15) is 9.18 Å². The molecule has 2 fully saturated rings. The Hall–Kier alpha value is -2.40. The topological polar surface area (TPSA) is 35.6 Å². The van der Waals surface area contributed by atoms with Gasteiger partial charge in [0.05, 0.1) is 0 Å². The largest absolute Gasteiger partial charge is 0.335 e. The van der Waals surface area contributed by atoms with Crippen molar-refractivity contribution in [3.8, 4) is 0 Å². The number of fused-ring (bicyclic) bond motifs is 2. The van der Waals surface area contributed by atoms with Crippen molar-refractivity contribution in [2.75, 3.05) is 24.5 Å². The lowest BCUT2D eigenvalue weighted by atomic mass is 9.74. The Kier molecular flexibility index (Phi) is 5.93. The van der Waals surface area contributed by atoms with Crippen LogP contribution in [0.25, 0.3) is 0 Å². The predicted octanol–water partition coefficient (Wildman–Crippen LogP) is 5.53. The fourth-order valence-corrected chi connectivity index (χ4v) is 5.92. The Morgan fingerprint density at radius 1 is 1.09 bits per heavy atom. The Balaban J connectivity index is 1.31. The molecule has 2 aromatic rings. The van der Waals surface area contributed by atoms with E-state index in [1.165, 1.54) is 36.5 Å². The summed E-state index contributed by atoms with van der Waals surface area (Å²) < 4.78 is 13.6. The van der Waals surface area contributed by atoms with Crippen LogP contribution in [-0.4, -0.2) is 36.6 Å². The van der Waals surface area contributed by atoms with Crippen LogP contribution in [0.1, 0.15) is 61.6 Å². The SMILES string of the molecule is Cc1ccc2c(c1)C1(CCN(Cc3cccc(F)c3)CC1)CN2C(=O)NC1CCCCC1. The average Bonchev–Trinajstić information content (AvgIpc) is 3.10. The zero-order valence-corrected chi connectivity index (χ0v) is 19.1. The number of carbonyl (C=O) groups is 1. The molecule has 0 aromatic heterocycles. The Morgan fingerprint density at radius 3 is 2.62 bits per heavy atom. The molecule has 1 spiro atoms. The molecular formula is C27H34FN3O. The summed E-state index contributed by atoms with van der Waals surface area (Å²) in [6.45, 7) is 5.60. The van der Waals surface area contributed by atoms with Gasteiger partial charge in [-0.15, -0.1) is 0 Å². The van der Waals surface area contributed by atoms with Gasteiger partial charge in [-0.1, -0.05) is 49.1 Å². The number of urea groups is 1. The molecule has 2 heterocycles. The van der Waals surface area contributed by atoms with Gasteiger partial charge in [-0.25, -0.2) is 9.18 Å². The molecule has 3 aliphatic rings. The molecule has 0 unspecified atom stereocenters. The molecule has 5 heteroatoms. The third kappa shape index (κ3) is 4.27. The van der Waals surface area contributed by atoms with E-state index in [4.69, 9.17) is 0 Å². The van der Waals surface area contributed by atoms with E-state index in [1.807, 2.05) is 11.0 Å². The highest BCUT2D eigenvalue weighted by Crippen LogP contribution is 2.47. The van der Waals surface area contributed by atoms with Crippen LogP contribution in [0.4, 0.5) is 14.9 Å². The summed E-state index contributed by atoms with van der Waals surface area (Å²) in [7, 11) is 0. The number of benzene rings is 2. The Bertz CT molecular complexity index is 977. The van der Waals surface area contributed by atoms with E-state index >= 15 is 0 Å². The molecule has 1 saturated heterocycles. The lowest BCUT2D eigenvalue weighted by molar-refractivity contribution is 0.159. The highest BCUT2D eigenvalue weighted by molar-refractivity contribution is 5.95. The number of nitrogens with zero attached hydrogens (tertiary/aromatic N) is 2. The van der Waals surface area contributed by atoms with E-state index in [2.05, 4.69) is 35.3 Å². The van der Waals surface area contributed by atoms with Crippen molar-refractivity contribution < 1.29 is 9.18 Å². The normalized spacial score (nSPS) is 21.0. The van der Waals surface area contributed by atoms with Crippen LogP contribution in [0, 0.1) is 12.7 Å². The molecule has 0 radical (unpaired) electrons. The van der Waals surface area contributed by atoms with Crippen LogP contribution in [-0.2, 0) is 12.0 Å². The van der Waals surface area contributed by atoms with Gasteiger partial charge in [0.1, 0.15) is 5.82 Å². The van der Waals surface area contributed by atoms with Crippen LogP contribution >= 0.6 is 0 Å². The molecule has 1 aliphatic carbocycles. The first kappa shape index (κ1) is 21.4. The molecule has 1 N–H and O–H groups in total. The van der Waals surface area contributed by atoms with Gasteiger partial charge in [0.15, 0.2) is 0 Å². The molecule has 2 aliphatic heterocycles.